The minimum Gasteiger partial charge on any atom is -0.286 e. The Kier molecular flexibility index (Phi) is 6.27. The molecule has 2 N–H and O–H groups in total. The quantitative estimate of drug-likeness (QED) is 0.580. The average molecular weight is 197 g/mol. The summed E-state index contributed by atoms with van der Waals surface area (Å²) in [7, 11) is 0. The maximum absolute atomic E-state index is 3.72. The first-order valence-electron chi connectivity index (χ1n) is 4.45. The Bertz CT molecular complexity index is 170. The minimum absolute atomic E-state index is 1.21. The number of hydrogen-bond acceptors (Lipinski definition) is 4. The van der Waals surface area contributed by atoms with Gasteiger partial charge in [0, 0.05) is 24.7 Å². The van der Waals surface area contributed by atoms with Crippen molar-refractivity contribution in [1.29, 1.82) is 0 Å². The maximum Gasteiger partial charge on any atom is 0.0472 e. The molecule has 1 saturated heterocycles. The monoisotopic (exact) mass is 197 g/mol. The standard InChI is InChI=1S/C5H6N2.C4H9NS/c1-2-4-6-7-5-3-1;1-2-4-6-5-3-1/h1-6H;5H,1-4H2. The van der Waals surface area contributed by atoms with Gasteiger partial charge in [0.05, 0.1) is 0 Å². The van der Waals surface area contributed by atoms with Crippen LogP contribution in [-0.2, 0) is 0 Å². The number of nitrogens with zero attached hydrogens (tertiary/aromatic N) is 1. The van der Waals surface area contributed by atoms with Crippen LogP contribution < -0.4 is 10.1 Å². The molecule has 0 bridgehead atoms. The molecule has 2 heterocycles. The van der Waals surface area contributed by atoms with E-state index < -0.39 is 0 Å². The normalized spacial score (nSPS) is 19.7. The SMILES string of the molecule is C1=CC=NNC=C1.C1CCSNC1. The number of allylic oxidation sites excluding steroid dienone is 3. The van der Waals surface area contributed by atoms with Crippen LogP contribution in [0.1, 0.15) is 12.8 Å². The Balaban J connectivity index is 0.000000132. The molecule has 3 nitrogen and oxygen atoms in total. The Morgan fingerprint density at radius 2 is 2.15 bits per heavy atom. The number of hydrogen-bond donors (Lipinski definition) is 2. The predicted octanol–water partition coefficient (Wildman–Crippen LogP) is 1.66. The van der Waals surface area contributed by atoms with Gasteiger partial charge >= 0.3 is 0 Å². The van der Waals surface area contributed by atoms with Crippen molar-refractivity contribution >= 4 is 18.2 Å². The van der Waals surface area contributed by atoms with Gasteiger partial charge in [-0.3, -0.25) is 10.1 Å². The minimum atomic E-state index is 1.21. The molecule has 0 aromatic carbocycles. The second-order valence-corrected chi connectivity index (χ2v) is 3.59. The summed E-state index contributed by atoms with van der Waals surface area (Å²) < 4.78 is 3.20. The van der Waals surface area contributed by atoms with E-state index in [9.17, 15) is 0 Å². The highest BCUT2D eigenvalue weighted by Crippen LogP contribution is 2.04. The summed E-state index contributed by atoms with van der Waals surface area (Å²) >= 11 is 1.84. The van der Waals surface area contributed by atoms with Crippen molar-refractivity contribution in [2.75, 3.05) is 12.3 Å². The third-order valence-corrected chi connectivity index (χ3v) is 2.41. The zero-order valence-corrected chi connectivity index (χ0v) is 8.39. The van der Waals surface area contributed by atoms with Gasteiger partial charge in [-0.2, -0.15) is 5.10 Å². The Morgan fingerprint density at radius 3 is 2.77 bits per heavy atom. The lowest BCUT2D eigenvalue weighted by atomic mass is 10.3. The first-order valence-corrected chi connectivity index (χ1v) is 5.44. The highest BCUT2D eigenvalue weighted by Gasteiger charge is 1.94. The molecule has 0 spiro atoms. The smallest absolute Gasteiger partial charge is 0.0472 e. The molecule has 0 unspecified atom stereocenters. The molecule has 2 aliphatic heterocycles. The van der Waals surface area contributed by atoms with E-state index in [1.165, 1.54) is 25.1 Å². The predicted molar refractivity (Wildman–Crippen MR) is 59.6 cm³/mol. The van der Waals surface area contributed by atoms with E-state index in [1.807, 2.05) is 30.2 Å². The van der Waals surface area contributed by atoms with E-state index in [0.29, 0.717) is 0 Å². The molecule has 0 atom stereocenters. The van der Waals surface area contributed by atoms with Crippen LogP contribution in [0.4, 0.5) is 0 Å². The van der Waals surface area contributed by atoms with Crippen molar-refractivity contribution in [3.8, 4) is 0 Å². The summed E-state index contributed by atoms with van der Waals surface area (Å²) in [6, 6.07) is 0. The van der Waals surface area contributed by atoms with Gasteiger partial charge in [0.2, 0.25) is 0 Å². The molecule has 0 aromatic rings. The largest absolute Gasteiger partial charge is 0.286 e. The maximum atomic E-state index is 3.72. The summed E-state index contributed by atoms with van der Waals surface area (Å²) in [6.45, 7) is 1.21. The van der Waals surface area contributed by atoms with Crippen LogP contribution in [-0.4, -0.2) is 18.5 Å². The van der Waals surface area contributed by atoms with Gasteiger partial charge in [-0.05, 0) is 25.0 Å². The fourth-order valence-electron chi connectivity index (χ4n) is 0.857. The summed E-state index contributed by atoms with van der Waals surface area (Å²) in [6.07, 6.45) is 11.9. The van der Waals surface area contributed by atoms with Crippen LogP contribution in [0, 0.1) is 0 Å². The van der Waals surface area contributed by atoms with Gasteiger partial charge in [-0.15, -0.1) is 0 Å². The van der Waals surface area contributed by atoms with Crippen LogP contribution in [0.2, 0.25) is 0 Å². The molecule has 2 rings (SSSR count). The topological polar surface area (TPSA) is 36.4 Å². The second kappa shape index (κ2) is 7.89. The van der Waals surface area contributed by atoms with Crippen molar-refractivity contribution in [3.63, 3.8) is 0 Å². The van der Waals surface area contributed by atoms with Gasteiger partial charge in [-0.25, -0.2) is 0 Å². The van der Waals surface area contributed by atoms with Crippen LogP contribution in [0.3, 0.4) is 0 Å². The van der Waals surface area contributed by atoms with Crippen LogP contribution in [0.15, 0.2) is 29.5 Å². The van der Waals surface area contributed by atoms with Gasteiger partial charge in [0.25, 0.3) is 0 Å². The molecular weight excluding hydrogens is 182 g/mol. The van der Waals surface area contributed by atoms with E-state index in [2.05, 4.69) is 15.2 Å². The molecule has 0 aromatic heterocycles. The number of nitrogens with one attached hydrogen (secondary N) is 2. The van der Waals surface area contributed by atoms with Gasteiger partial charge < -0.3 is 0 Å². The average Bonchev–Trinajstić information content (AvgIpc) is 2.53. The van der Waals surface area contributed by atoms with Gasteiger partial charge in [0.1, 0.15) is 0 Å². The van der Waals surface area contributed by atoms with E-state index in [-0.39, 0.29) is 0 Å². The Hall–Kier alpha value is -0.740. The molecule has 0 radical (unpaired) electrons. The van der Waals surface area contributed by atoms with E-state index >= 15 is 0 Å². The van der Waals surface area contributed by atoms with E-state index in [4.69, 9.17) is 0 Å². The molecule has 13 heavy (non-hydrogen) atoms. The summed E-state index contributed by atoms with van der Waals surface area (Å²) in [5.41, 5.74) is 2.67. The lowest BCUT2D eigenvalue weighted by molar-refractivity contribution is 0.754. The third kappa shape index (κ3) is 6.42. The lowest BCUT2D eigenvalue weighted by Crippen LogP contribution is -2.11. The highest BCUT2D eigenvalue weighted by molar-refractivity contribution is 7.97. The van der Waals surface area contributed by atoms with Crippen molar-refractivity contribution in [1.82, 2.24) is 10.1 Å². The van der Waals surface area contributed by atoms with E-state index in [0.717, 1.165) is 0 Å². The summed E-state index contributed by atoms with van der Waals surface area (Å²) in [4.78, 5) is 0. The first kappa shape index (κ1) is 10.3. The fourth-order valence-corrected chi connectivity index (χ4v) is 1.64. The van der Waals surface area contributed by atoms with Crippen LogP contribution in [0.25, 0.3) is 0 Å². The number of rotatable bonds is 0. The molecular formula is C9H15N3S. The lowest BCUT2D eigenvalue weighted by Gasteiger charge is -2.07. The zero-order valence-electron chi connectivity index (χ0n) is 7.57. The van der Waals surface area contributed by atoms with E-state index in [1.54, 1.807) is 12.4 Å². The third-order valence-electron chi connectivity index (χ3n) is 1.51. The summed E-state index contributed by atoms with van der Waals surface area (Å²) in [5, 5.41) is 3.72. The number of hydrazone groups is 1. The first-order chi connectivity index (χ1) is 6.50. The molecule has 0 aliphatic carbocycles. The fraction of sp³-hybridized carbons (Fsp3) is 0.444. The van der Waals surface area contributed by atoms with Gasteiger partial charge in [-0.1, -0.05) is 18.0 Å². The second-order valence-electron chi connectivity index (χ2n) is 2.60. The molecule has 0 amide bonds. The van der Waals surface area contributed by atoms with Crippen molar-refractivity contribution in [2.45, 2.75) is 12.8 Å². The molecule has 0 saturated carbocycles. The van der Waals surface area contributed by atoms with Crippen molar-refractivity contribution in [2.24, 2.45) is 5.10 Å². The molecule has 4 heteroatoms. The summed E-state index contributed by atoms with van der Waals surface area (Å²) in [5.74, 6) is 1.31. The van der Waals surface area contributed by atoms with Crippen molar-refractivity contribution < 1.29 is 0 Å². The van der Waals surface area contributed by atoms with Crippen molar-refractivity contribution in [3.05, 3.63) is 24.4 Å². The zero-order chi connectivity index (χ0) is 9.19. The highest BCUT2D eigenvalue weighted by atomic mass is 32.2. The molecule has 2 aliphatic rings. The van der Waals surface area contributed by atoms with Crippen LogP contribution >= 0.6 is 11.9 Å². The van der Waals surface area contributed by atoms with Gasteiger partial charge in [0.15, 0.2) is 0 Å². The Labute approximate surface area is 83.5 Å². The molecule has 72 valence electrons. The van der Waals surface area contributed by atoms with Crippen LogP contribution in [0.5, 0.6) is 0 Å². The Morgan fingerprint density at radius 1 is 1.15 bits per heavy atom. The molecule has 1 fully saturated rings.